The van der Waals surface area contributed by atoms with Gasteiger partial charge in [0.1, 0.15) is 5.76 Å². The van der Waals surface area contributed by atoms with Crippen molar-refractivity contribution in [1.82, 2.24) is 14.8 Å². The number of aromatic nitrogens is 1. The highest BCUT2D eigenvalue weighted by Crippen LogP contribution is 2.19. The van der Waals surface area contributed by atoms with Crippen molar-refractivity contribution in [2.75, 3.05) is 33.2 Å². The quantitative estimate of drug-likeness (QED) is 0.773. The molecule has 0 unspecified atom stereocenters. The van der Waals surface area contributed by atoms with Crippen LogP contribution in [-0.2, 0) is 6.42 Å². The Labute approximate surface area is 159 Å². The van der Waals surface area contributed by atoms with Gasteiger partial charge in [-0.25, -0.2) is 4.98 Å². The molecule has 1 aliphatic rings. The number of nitrogens with zero attached hydrogens (tertiary/aromatic N) is 3. The van der Waals surface area contributed by atoms with E-state index in [0.29, 0.717) is 17.4 Å². The SMILES string of the molecule is Cc1ocnc1C(=O)N(C)C[C@@H]1CCCN(CCc2ccc(Cl)cc2)C1. The molecule has 3 rings (SSSR count). The second-order valence-corrected chi connectivity index (χ2v) is 7.56. The molecule has 0 N–H and O–H groups in total. The maximum Gasteiger partial charge on any atom is 0.275 e. The lowest BCUT2D eigenvalue weighted by atomic mass is 9.97. The zero-order valence-electron chi connectivity index (χ0n) is 15.4. The molecule has 140 valence electrons. The fourth-order valence-electron chi connectivity index (χ4n) is 3.60. The predicted octanol–water partition coefficient (Wildman–Crippen LogP) is 3.66. The topological polar surface area (TPSA) is 49.6 Å². The van der Waals surface area contributed by atoms with Crippen LogP contribution in [0.5, 0.6) is 0 Å². The molecule has 6 heteroatoms. The highest BCUT2D eigenvalue weighted by molar-refractivity contribution is 6.30. The van der Waals surface area contributed by atoms with Gasteiger partial charge in [0.2, 0.25) is 0 Å². The van der Waals surface area contributed by atoms with Gasteiger partial charge >= 0.3 is 0 Å². The molecule has 0 spiro atoms. The first-order chi connectivity index (χ1) is 12.5. The van der Waals surface area contributed by atoms with Crippen molar-refractivity contribution in [2.24, 2.45) is 5.92 Å². The average molecular weight is 376 g/mol. The number of amides is 1. The van der Waals surface area contributed by atoms with E-state index in [2.05, 4.69) is 22.0 Å². The van der Waals surface area contributed by atoms with Crippen LogP contribution in [0.1, 0.15) is 34.7 Å². The van der Waals surface area contributed by atoms with Crippen molar-refractivity contribution in [2.45, 2.75) is 26.2 Å². The molecule has 2 heterocycles. The molecule has 0 radical (unpaired) electrons. The van der Waals surface area contributed by atoms with Gasteiger partial charge in [0.05, 0.1) is 0 Å². The van der Waals surface area contributed by atoms with E-state index in [9.17, 15) is 4.79 Å². The Morgan fingerprint density at radius 3 is 2.85 bits per heavy atom. The third-order valence-electron chi connectivity index (χ3n) is 5.06. The van der Waals surface area contributed by atoms with Gasteiger partial charge in [-0.2, -0.15) is 0 Å². The van der Waals surface area contributed by atoms with E-state index in [-0.39, 0.29) is 5.91 Å². The summed E-state index contributed by atoms with van der Waals surface area (Å²) in [6.07, 6.45) is 4.69. The molecule has 5 nitrogen and oxygen atoms in total. The van der Waals surface area contributed by atoms with E-state index < -0.39 is 0 Å². The Kier molecular flexibility index (Phi) is 6.33. The summed E-state index contributed by atoms with van der Waals surface area (Å²) in [7, 11) is 1.85. The number of rotatable bonds is 6. The number of oxazole rings is 1. The van der Waals surface area contributed by atoms with Crippen molar-refractivity contribution in [3.63, 3.8) is 0 Å². The largest absolute Gasteiger partial charge is 0.448 e. The van der Waals surface area contributed by atoms with Crippen LogP contribution >= 0.6 is 11.6 Å². The monoisotopic (exact) mass is 375 g/mol. The van der Waals surface area contributed by atoms with Crippen LogP contribution in [0, 0.1) is 12.8 Å². The summed E-state index contributed by atoms with van der Waals surface area (Å²) in [5.74, 6) is 1.01. The van der Waals surface area contributed by atoms with Crippen LogP contribution in [-0.4, -0.2) is 53.9 Å². The van der Waals surface area contributed by atoms with E-state index in [1.165, 1.54) is 18.4 Å². The number of aryl methyl sites for hydroxylation is 1. The molecule has 1 atom stereocenters. The molecule has 1 amide bonds. The minimum atomic E-state index is -0.0606. The van der Waals surface area contributed by atoms with Crippen molar-refractivity contribution < 1.29 is 9.21 Å². The number of carbonyl (C=O) groups excluding carboxylic acids is 1. The van der Waals surface area contributed by atoms with Gasteiger partial charge < -0.3 is 14.2 Å². The Hall–Kier alpha value is -1.85. The van der Waals surface area contributed by atoms with Crippen molar-refractivity contribution >= 4 is 17.5 Å². The second-order valence-electron chi connectivity index (χ2n) is 7.13. The fraction of sp³-hybridized carbons (Fsp3) is 0.500. The Morgan fingerprint density at radius 1 is 1.38 bits per heavy atom. The normalized spacial score (nSPS) is 18.0. The molecule has 1 aromatic carbocycles. The van der Waals surface area contributed by atoms with Crippen molar-refractivity contribution in [3.8, 4) is 0 Å². The summed E-state index contributed by atoms with van der Waals surface area (Å²) >= 11 is 5.95. The Balaban J connectivity index is 1.49. The summed E-state index contributed by atoms with van der Waals surface area (Å²) in [6.45, 7) is 5.72. The van der Waals surface area contributed by atoms with Crippen LogP contribution in [0.25, 0.3) is 0 Å². The highest BCUT2D eigenvalue weighted by Gasteiger charge is 2.24. The van der Waals surface area contributed by atoms with Crippen LogP contribution in [0.15, 0.2) is 35.1 Å². The summed E-state index contributed by atoms with van der Waals surface area (Å²) < 4.78 is 5.15. The molecule has 2 aromatic rings. The molecule has 1 fully saturated rings. The first-order valence-corrected chi connectivity index (χ1v) is 9.53. The molecule has 1 saturated heterocycles. The van der Waals surface area contributed by atoms with Gasteiger partial charge in [0, 0.05) is 31.7 Å². The van der Waals surface area contributed by atoms with Gasteiger partial charge in [-0.15, -0.1) is 0 Å². The maximum atomic E-state index is 12.5. The molecular weight excluding hydrogens is 350 g/mol. The zero-order valence-corrected chi connectivity index (χ0v) is 16.2. The van der Waals surface area contributed by atoms with E-state index >= 15 is 0 Å². The van der Waals surface area contributed by atoms with Crippen molar-refractivity contribution in [3.05, 3.63) is 52.7 Å². The average Bonchev–Trinajstić information content (AvgIpc) is 3.07. The Morgan fingerprint density at radius 2 is 2.15 bits per heavy atom. The molecule has 1 aromatic heterocycles. The number of piperidine rings is 1. The highest BCUT2D eigenvalue weighted by atomic mass is 35.5. The summed E-state index contributed by atoms with van der Waals surface area (Å²) in [5, 5.41) is 0.779. The van der Waals surface area contributed by atoms with Gasteiger partial charge in [-0.05, 0) is 56.3 Å². The number of hydrogen-bond donors (Lipinski definition) is 0. The van der Waals surface area contributed by atoms with Gasteiger partial charge in [0.15, 0.2) is 12.1 Å². The van der Waals surface area contributed by atoms with Gasteiger partial charge in [0.25, 0.3) is 5.91 Å². The zero-order chi connectivity index (χ0) is 18.5. The number of halogens is 1. The molecule has 0 aliphatic carbocycles. The lowest BCUT2D eigenvalue weighted by Gasteiger charge is -2.34. The number of benzene rings is 1. The fourth-order valence-corrected chi connectivity index (χ4v) is 3.73. The van der Waals surface area contributed by atoms with Crippen LogP contribution in [0.4, 0.5) is 0 Å². The molecule has 1 aliphatic heterocycles. The summed E-state index contributed by atoms with van der Waals surface area (Å²) in [6, 6.07) is 8.08. The third-order valence-corrected chi connectivity index (χ3v) is 5.31. The second kappa shape index (κ2) is 8.69. The summed E-state index contributed by atoms with van der Waals surface area (Å²) in [4.78, 5) is 20.8. The molecule has 26 heavy (non-hydrogen) atoms. The Bertz CT molecular complexity index is 729. The van der Waals surface area contributed by atoms with E-state index in [1.807, 2.05) is 19.2 Å². The van der Waals surface area contributed by atoms with Gasteiger partial charge in [-0.3, -0.25) is 4.79 Å². The van der Waals surface area contributed by atoms with Gasteiger partial charge in [-0.1, -0.05) is 23.7 Å². The molecular formula is C20H26ClN3O2. The van der Waals surface area contributed by atoms with E-state index in [1.54, 1.807) is 11.8 Å². The third kappa shape index (κ3) is 4.86. The summed E-state index contributed by atoms with van der Waals surface area (Å²) in [5.41, 5.74) is 1.73. The number of hydrogen-bond acceptors (Lipinski definition) is 4. The minimum Gasteiger partial charge on any atom is -0.448 e. The van der Waals surface area contributed by atoms with Crippen LogP contribution in [0.3, 0.4) is 0 Å². The first kappa shape index (κ1) is 18.9. The lowest BCUT2D eigenvalue weighted by molar-refractivity contribution is 0.0723. The van der Waals surface area contributed by atoms with E-state index in [4.69, 9.17) is 16.0 Å². The smallest absolute Gasteiger partial charge is 0.275 e. The number of carbonyl (C=O) groups is 1. The molecule has 0 saturated carbocycles. The van der Waals surface area contributed by atoms with Crippen LogP contribution < -0.4 is 0 Å². The maximum absolute atomic E-state index is 12.5. The lowest BCUT2D eigenvalue weighted by Crippen LogP contribution is -2.42. The number of likely N-dealkylation sites (tertiary alicyclic amines) is 1. The minimum absolute atomic E-state index is 0.0606. The van der Waals surface area contributed by atoms with E-state index in [0.717, 1.165) is 44.0 Å². The van der Waals surface area contributed by atoms with Crippen molar-refractivity contribution in [1.29, 1.82) is 0 Å². The first-order valence-electron chi connectivity index (χ1n) is 9.15. The predicted molar refractivity (Wildman–Crippen MR) is 103 cm³/mol. The van der Waals surface area contributed by atoms with Crippen LogP contribution in [0.2, 0.25) is 5.02 Å². The molecule has 0 bridgehead atoms. The standard InChI is InChI=1S/C20H26ClN3O2/c1-15-19(22-14-26-15)20(25)23(2)12-17-4-3-10-24(13-17)11-9-16-5-7-18(21)8-6-16/h5-8,14,17H,3-4,9-13H2,1-2H3/t17-/m0/s1.